The van der Waals surface area contributed by atoms with Crippen molar-refractivity contribution in [3.8, 4) is 6.07 Å². The van der Waals surface area contributed by atoms with E-state index in [1.165, 1.54) is 0 Å². The third-order valence-corrected chi connectivity index (χ3v) is 2.05. The Morgan fingerprint density at radius 3 is 2.60 bits per heavy atom. The van der Waals surface area contributed by atoms with Crippen LogP contribution in [0.4, 0.5) is 0 Å². The maximum atomic E-state index is 8.60. The van der Waals surface area contributed by atoms with Crippen molar-refractivity contribution >= 4 is 0 Å². The van der Waals surface area contributed by atoms with Gasteiger partial charge in [0.15, 0.2) is 0 Å². The first-order valence-electron chi connectivity index (χ1n) is 3.79. The largest absolute Gasteiger partial charge is 0.360 e. The van der Waals surface area contributed by atoms with Gasteiger partial charge in [-0.25, -0.2) is 0 Å². The van der Waals surface area contributed by atoms with Crippen molar-refractivity contribution in [2.45, 2.75) is 38.9 Å². The molecule has 0 aromatic heterocycles. The summed E-state index contributed by atoms with van der Waals surface area (Å²) >= 11 is 0. The molecule has 0 spiro atoms. The molecule has 3 unspecified atom stereocenters. The minimum absolute atomic E-state index is 0.163. The molecule has 56 valence electrons. The number of rotatable bonds is 0. The van der Waals surface area contributed by atoms with Gasteiger partial charge in [-0.05, 0) is 25.7 Å². The van der Waals surface area contributed by atoms with E-state index in [1.807, 2.05) is 6.92 Å². The van der Waals surface area contributed by atoms with E-state index in [-0.39, 0.29) is 12.2 Å². The van der Waals surface area contributed by atoms with Crippen molar-refractivity contribution in [3.63, 3.8) is 0 Å². The molecule has 0 aromatic rings. The summed E-state index contributed by atoms with van der Waals surface area (Å²) in [7, 11) is 0. The fourth-order valence-corrected chi connectivity index (χ4v) is 1.26. The van der Waals surface area contributed by atoms with Gasteiger partial charge in [-0.3, -0.25) is 0 Å². The third-order valence-electron chi connectivity index (χ3n) is 2.05. The second-order valence-corrected chi connectivity index (χ2v) is 3.05. The predicted molar refractivity (Wildman–Crippen MR) is 38.3 cm³/mol. The highest BCUT2D eigenvalue weighted by molar-refractivity contribution is 4.91. The minimum atomic E-state index is -0.163. The predicted octanol–water partition coefficient (Wildman–Crippen LogP) is 1.71. The van der Waals surface area contributed by atoms with Gasteiger partial charge >= 0.3 is 0 Å². The molecule has 1 saturated heterocycles. The van der Waals surface area contributed by atoms with Gasteiger partial charge in [-0.15, -0.1) is 0 Å². The maximum absolute atomic E-state index is 8.60. The van der Waals surface area contributed by atoms with Crippen molar-refractivity contribution < 1.29 is 4.74 Å². The van der Waals surface area contributed by atoms with Crippen LogP contribution in [0.2, 0.25) is 0 Å². The van der Waals surface area contributed by atoms with Gasteiger partial charge in [0.25, 0.3) is 0 Å². The molecule has 0 radical (unpaired) electrons. The summed E-state index contributed by atoms with van der Waals surface area (Å²) in [5, 5.41) is 8.60. The molecule has 0 aliphatic carbocycles. The molecule has 1 aliphatic heterocycles. The molecule has 0 amide bonds. The summed E-state index contributed by atoms with van der Waals surface area (Å²) < 4.78 is 5.39. The van der Waals surface area contributed by atoms with Crippen LogP contribution >= 0.6 is 0 Å². The Balaban J connectivity index is 2.47. The van der Waals surface area contributed by atoms with Gasteiger partial charge in [-0.1, -0.05) is 6.92 Å². The molecule has 0 bridgehead atoms. The van der Waals surface area contributed by atoms with Crippen molar-refractivity contribution in [2.75, 3.05) is 0 Å². The van der Waals surface area contributed by atoms with E-state index in [4.69, 9.17) is 10.00 Å². The van der Waals surface area contributed by atoms with Crippen molar-refractivity contribution in [1.29, 1.82) is 5.26 Å². The lowest BCUT2D eigenvalue weighted by Crippen LogP contribution is -2.30. The van der Waals surface area contributed by atoms with Crippen molar-refractivity contribution in [1.82, 2.24) is 0 Å². The average Bonchev–Trinajstić information content (AvgIpc) is 1.94. The fourth-order valence-electron chi connectivity index (χ4n) is 1.26. The van der Waals surface area contributed by atoms with Crippen LogP contribution in [0.25, 0.3) is 0 Å². The monoisotopic (exact) mass is 139 g/mol. The fraction of sp³-hybridized carbons (Fsp3) is 0.875. The average molecular weight is 139 g/mol. The second-order valence-electron chi connectivity index (χ2n) is 3.05. The number of hydrogen-bond donors (Lipinski definition) is 0. The summed E-state index contributed by atoms with van der Waals surface area (Å²) in [6, 6.07) is 2.16. The van der Waals surface area contributed by atoms with E-state index >= 15 is 0 Å². The second kappa shape index (κ2) is 3.03. The number of nitrogens with zero attached hydrogens (tertiary/aromatic N) is 1. The highest BCUT2D eigenvalue weighted by atomic mass is 16.5. The number of nitriles is 1. The Bertz CT molecular complexity index is 150. The lowest BCUT2D eigenvalue weighted by atomic mass is 9.95. The summed E-state index contributed by atoms with van der Waals surface area (Å²) in [5.74, 6) is 0.418. The van der Waals surface area contributed by atoms with Gasteiger partial charge in [0, 0.05) is 0 Å². The Hall–Kier alpha value is -0.550. The molecule has 1 rings (SSSR count). The first kappa shape index (κ1) is 7.56. The quantitative estimate of drug-likeness (QED) is 0.512. The zero-order chi connectivity index (χ0) is 7.56. The molecule has 0 saturated carbocycles. The molecule has 0 N–H and O–H groups in total. The maximum Gasteiger partial charge on any atom is 0.146 e. The zero-order valence-electron chi connectivity index (χ0n) is 6.50. The molecule has 2 nitrogen and oxygen atoms in total. The summed E-state index contributed by atoms with van der Waals surface area (Å²) in [6.45, 7) is 4.09. The standard InChI is InChI=1S/C8H13NO/c1-6-3-4-7(2)10-8(6)5-9/h6-8H,3-4H2,1-2H3. The number of hydrogen-bond acceptors (Lipinski definition) is 2. The van der Waals surface area contributed by atoms with Crippen LogP contribution in [0.3, 0.4) is 0 Å². The van der Waals surface area contributed by atoms with E-state index in [0.717, 1.165) is 12.8 Å². The molecule has 2 heteroatoms. The zero-order valence-corrected chi connectivity index (χ0v) is 6.50. The SMILES string of the molecule is CC1CCC(C)C(C#N)O1. The van der Waals surface area contributed by atoms with Gasteiger partial charge in [0.1, 0.15) is 6.10 Å². The Kier molecular flexibility index (Phi) is 2.29. The summed E-state index contributed by atoms with van der Waals surface area (Å²) in [4.78, 5) is 0. The van der Waals surface area contributed by atoms with Crippen LogP contribution in [0, 0.1) is 17.2 Å². The highest BCUT2D eigenvalue weighted by Crippen LogP contribution is 2.23. The smallest absolute Gasteiger partial charge is 0.146 e. The molecule has 1 aliphatic rings. The van der Waals surface area contributed by atoms with E-state index in [2.05, 4.69) is 13.0 Å². The van der Waals surface area contributed by atoms with Crippen LogP contribution in [0.5, 0.6) is 0 Å². The topological polar surface area (TPSA) is 33.0 Å². The molecular weight excluding hydrogens is 126 g/mol. The van der Waals surface area contributed by atoms with E-state index in [0.29, 0.717) is 5.92 Å². The Morgan fingerprint density at radius 1 is 1.40 bits per heavy atom. The van der Waals surface area contributed by atoms with Crippen LogP contribution in [-0.2, 0) is 4.74 Å². The molecule has 3 atom stereocenters. The highest BCUT2D eigenvalue weighted by Gasteiger charge is 2.25. The van der Waals surface area contributed by atoms with Gasteiger partial charge in [-0.2, -0.15) is 5.26 Å². The van der Waals surface area contributed by atoms with Crippen LogP contribution < -0.4 is 0 Å². The van der Waals surface area contributed by atoms with E-state index < -0.39 is 0 Å². The van der Waals surface area contributed by atoms with Gasteiger partial charge in [0.2, 0.25) is 0 Å². The van der Waals surface area contributed by atoms with Crippen LogP contribution in [-0.4, -0.2) is 12.2 Å². The lowest BCUT2D eigenvalue weighted by molar-refractivity contribution is -0.0399. The normalized spacial score (nSPS) is 40.7. The number of ether oxygens (including phenoxy) is 1. The third kappa shape index (κ3) is 1.48. The Morgan fingerprint density at radius 2 is 2.10 bits per heavy atom. The molecule has 1 fully saturated rings. The lowest BCUT2D eigenvalue weighted by Gasteiger charge is -2.28. The first-order valence-corrected chi connectivity index (χ1v) is 3.79. The van der Waals surface area contributed by atoms with Crippen LogP contribution in [0.1, 0.15) is 26.7 Å². The summed E-state index contributed by atoms with van der Waals surface area (Å²) in [5.41, 5.74) is 0. The van der Waals surface area contributed by atoms with Crippen molar-refractivity contribution in [3.05, 3.63) is 0 Å². The van der Waals surface area contributed by atoms with Crippen LogP contribution in [0.15, 0.2) is 0 Å². The minimum Gasteiger partial charge on any atom is -0.360 e. The van der Waals surface area contributed by atoms with E-state index in [1.54, 1.807) is 0 Å². The van der Waals surface area contributed by atoms with Gasteiger partial charge in [0.05, 0.1) is 12.2 Å². The van der Waals surface area contributed by atoms with Crippen molar-refractivity contribution in [2.24, 2.45) is 5.92 Å². The summed E-state index contributed by atoms with van der Waals surface area (Å²) in [6.07, 6.45) is 2.34. The molecule has 1 heterocycles. The Labute approximate surface area is 61.8 Å². The molecular formula is C8H13NO. The van der Waals surface area contributed by atoms with Gasteiger partial charge < -0.3 is 4.74 Å². The first-order chi connectivity index (χ1) is 4.74. The van der Waals surface area contributed by atoms with E-state index in [9.17, 15) is 0 Å². The molecule has 10 heavy (non-hydrogen) atoms. The molecule has 0 aromatic carbocycles.